The van der Waals surface area contributed by atoms with Gasteiger partial charge >= 0.3 is 0 Å². The second-order valence-electron chi connectivity index (χ2n) is 9.51. The molecule has 0 fully saturated rings. The third-order valence-electron chi connectivity index (χ3n) is 6.79. The molecule has 5 rings (SSSR count). The smallest absolute Gasteiger partial charge is 0.250 e. The average molecular weight is 476 g/mol. The molecule has 0 saturated heterocycles. The Balaban J connectivity index is 1.36. The van der Waals surface area contributed by atoms with Gasteiger partial charge in [-0.1, -0.05) is 18.2 Å². The molecule has 4 nitrogen and oxygen atoms in total. The van der Waals surface area contributed by atoms with Crippen LogP contribution in [0.3, 0.4) is 0 Å². The van der Waals surface area contributed by atoms with Crippen LogP contribution in [0.15, 0.2) is 48.5 Å². The Bertz CT molecular complexity index is 1340. The maximum absolute atomic E-state index is 12.3. The zero-order chi connectivity index (χ0) is 24.5. The summed E-state index contributed by atoms with van der Waals surface area (Å²) in [6.45, 7) is 6.49. The molecule has 1 aliphatic heterocycles. The first-order chi connectivity index (χ1) is 16.9. The van der Waals surface area contributed by atoms with Gasteiger partial charge in [0.25, 0.3) is 6.43 Å². The first-order valence-electron chi connectivity index (χ1n) is 12.2. The molecule has 0 aliphatic carbocycles. The molecular weight excluding hydrogens is 444 g/mol. The summed E-state index contributed by atoms with van der Waals surface area (Å²) in [5.41, 5.74) is 10.2. The highest BCUT2D eigenvalue weighted by molar-refractivity contribution is 5.93. The van der Waals surface area contributed by atoms with E-state index in [-0.39, 0.29) is 12.6 Å². The standard InChI is InChI=1S/C29H31F2N3O/c1-17-12-23(13-18(2)33-17)29-19(3)25-8-5-21(15-26(25)34-29)20-6-9-27-22(14-20)4-7-24(35-27)10-11-32-16-28(30)31/h5-6,8-9,12-15,24,28,32,34H,4,7,10-11,16H2,1-3H3. The van der Waals surface area contributed by atoms with E-state index < -0.39 is 6.43 Å². The molecule has 2 N–H and O–H groups in total. The minimum atomic E-state index is -2.31. The number of halogens is 2. The van der Waals surface area contributed by atoms with Crippen molar-refractivity contribution in [2.24, 2.45) is 0 Å². The van der Waals surface area contributed by atoms with Crippen molar-refractivity contribution in [1.29, 1.82) is 0 Å². The van der Waals surface area contributed by atoms with Gasteiger partial charge in [-0.15, -0.1) is 0 Å². The molecule has 3 heterocycles. The van der Waals surface area contributed by atoms with Crippen molar-refractivity contribution < 1.29 is 13.5 Å². The van der Waals surface area contributed by atoms with Gasteiger partial charge in [-0.05, 0) is 99.2 Å². The summed E-state index contributed by atoms with van der Waals surface area (Å²) in [4.78, 5) is 8.15. The normalized spacial score (nSPS) is 15.4. The van der Waals surface area contributed by atoms with Crippen molar-refractivity contribution in [3.8, 4) is 28.1 Å². The van der Waals surface area contributed by atoms with Gasteiger partial charge in [0.15, 0.2) is 0 Å². The molecule has 1 aliphatic rings. The fourth-order valence-electron chi connectivity index (χ4n) is 5.09. The summed E-state index contributed by atoms with van der Waals surface area (Å²) in [5.74, 6) is 0.904. The van der Waals surface area contributed by atoms with E-state index in [4.69, 9.17) is 4.74 Å². The fourth-order valence-corrected chi connectivity index (χ4v) is 5.09. The Hall–Kier alpha value is -3.25. The summed E-state index contributed by atoms with van der Waals surface area (Å²) in [7, 11) is 0. The monoisotopic (exact) mass is 475 g/mol. The van der Waals surface area contributed by atoms with Crippen molar-refractivity contribution in [3.05, 3.63) is 71.0 Å². The average Bonchev–Trinajstić information content (AvgIpc) is 3.16. The third-order valence-corrected chi connectivity index (χ3v) is 6.79. The molecule has 0 radical (unpaired) electrons. The SMILES string of the molecule is Cc1cc(-c2[nH]c3cc(-c4ccc5c(c4)CCC(CCNCC(F)F)O5)ccc3c2C)cc(C)n1. The molecule has 4 aromatic rings. The van der Waals surface area contributed by atoms with Gasteiger partial charge in [0.05, 0.1) is 6.54 Å². The van der Waals surface area contributed by atoms with Crippen molar-refractivity contribution in [2.75, 3.05) is 13.1 Å². The van der Waals surface area contributed by atoms with Crippen LogP contribution in [0.25, 0.3) is 33.3 Å². The van der Waals surface area contributed by atoms with Gasteiger partial charge in [0.2, 0.25) is 0 Å². The van der Waals surface area contributed by atoms with E-state index >= 15 is 0 Å². The van der Waals surface area contributed by atoms with Crippen molar-refractivity contribution in [3.63, 3.8) is 0 Å². The van der Waals surface area contributed by atoms with E-state index in [1.807, 2.05) is 19.9 Å². The number of pyridine rings is 1. The summed E-state index contributed by atoms with van der Waals surface area (Å²) in [5, 5.41) is 4.01. The van der Waals surface area contributed by atoms with Gasteiger partial charge in [-0.2, -0.15) is 0 Å². The predicted molar refractivity (Wildman–Crippen MR) is 137 cm³/mol. The quantitative estimate of drug-likeness (QED) is 0.290. The van der Waals surface area contributed by atoms with Crippen LogP contribution in [0.5, 0.6) is 5.75 Å². The van der Waals surface area contributed by atoms with Crippen LogP contribution in [0.4, 0.5) is 8.78 Å². The molecular formula is C29H31F2N3O. The van der Waals surface area contributed by atoms with E-state index in [1.165, 1.54) is 16.5 Å². The number of benzene rings is 2. The Morgan fingerprint density at radius 2 is 1.74 bits per heavy atom. The summed E-state index contributed by atoms with van der Waals surface area (Å²) in [6.07, 6.45) is 0.310. The molecule has 1 unspecified atom stereocenters. The van der Waals surface area contributed by atoms with Crippen LogP contribution in [-0.4, -0.2) is 35.6 Å². The highest BCUT2D eigenvalue weighted by atomic mass is 19.3. The van der Waals surface area contributed by atoms with Gasteiger partial charge in [-0.25, -0.2) is 8.78 Å². The molecule has 182 valence electrons. The van der Waals surface area contributed by atoms with Crippen LogP contribution in [0.2, 0.25) is 0 Å². The minimum Gasteiger partial charge on any atom is -0.490 e. The van der Waals surface area contributed by atoms with Crippen LogP contribution in [0, 0.1) is 20.8 Å². The number of nitrogens with zero attached hydrogens (tertiary/aromatic N) is 1. The lowest BCUT2D eigenvalue weighted by molar-refractivity contribution is 0.137. The zero-order valence-electron chi connectivity index (χ0n) is 20.4. The van der Waals surface area contributed by atoms with Crippen molar-refractivity contribution >= 4 is 10.9 Å². The number of hydrogen-bond acceptors (Lipinski definition) is 3. The lowest BCUT2D eigenvalue weighted by atomic mass is 9.95. The molecule has 2 aromatic heterocycles. The van der Waals surface area contributed by atoms with Gasteiger partial charge in [-0.3, -0.25) is 4.98 Å². The number of alkyl halides is 2. The summed E-state index contributed by atoms with van der Waals surface area (Å²) < 4.78 is 30.7. The molecule has 0 bridgehead atoms. The fraction of sp³-hybridized carbons (Fsp3) is 0.345. The number of rotatable bonds is 7. The number of aryl methyl sites for hydroxylation is 4. The molecule has 2 aromatic carbocycles. The highest BCUT2D eigenvalue weighted by Crippen LogP contribution is 2.36. The van der Waals surface area contributed by atoms with Crippen LogP contribution >= 0.6 is 0 Å². The number of hydrogen-bond donors (Lipinski definition) is 2. The van der Waals surface area contributed by atoms with Gasteiger partial charge in [0, 0.05) is 33.5 Å². The molecule has 6 heteroatoms. The summed E-state index contributed by atoms with van der Waals surface area (Å²) >= 11 is 0. The second kappa shape index (κ2) is 9.78. The molecule has 1 atom stereocenters. The first-order valence-corrected chi connectivity index (χ1v) is 12.2. The molecule has 0 saturated carbocycles. The largest absolute Gasteiger partial charge is 0.490 e. The van der Waals surface area contributed by atoms with E-state index in [9.17, 15) is 8.78 Å². The van der Waals surface area contributed by atoms with Crippen molar-refractivity contribution in [2.45, 2.75) is 52.6 Å². The molecule has 0 amide bonds. The maximum Gasteiger partial charge on any atom is 0.250 e. The summed E-state index contributed by atoms with van der Waals surface area (Å²) in [6, 6.07) is 17.2. The van der Waals surface area contributed by atoms with Crippen LogP contribution in [-0.2, 0) is 6.42 Å². The number of H-pyrrole nitrogens is 1. The Kier molecular flexibility index (Phi) is 6.56. The maximum atomic E-state index is 12.3. The van der Waals surface area contributed by atoms with E-state index in [1.54, 1.807) is 0 Å². The third kappa shape index (κ3) is 5.08. The zero-order valence-corrected chi connectivity index (χ0v) is 20.4. The number of aromatic nitrogens is 2. The highest BCUT2D eigenvalue weighted by Gasteiger charge is 2.20. The van der Waals surface area contributed by atoms with Gasteiger partial charge < -0.3 is 15.0 Å². The number of fused-ring (bicyclic) bond motifs is 2. The first kappa shape index (κ1) is 23.5. The Morgan fingerprint density at radius 3 is 2.51 bits per heavy atom. The second-order valence-corrected chi connectivity index (χ2v) is 9.51. The lowest BCUT2D eigenvalue weighted by Gasteiger charge is -2.26. The Labute approximate surface area is 204 Å². The minimum absolute atomic E-state index is 0.0654. The van der Waals surface area contributed by atoms with Crippen LogP contribution < -0.4 is 10.1 Å². The van der Waals surface area contributed by atoms with Crippen LogP contribution in [0.1, 0.15) is 35.4 Å². The molecule has 35 heavy (non-hydrogen) atoms. The Morgan fingerprint density at radius 1 is 1.00 bits per heavy atom. The van der Waals surface area contributed by atoms with Crippen molar-refractivity contribution in [1.82, 2.24) is 15.3 Å². The van der Waals surface area contributed by atoms with Gasteiger partial charge in [0.1, 0.15) is 11.9 Å². The number of aromatic amines is 1. The number of nitrogens with one attached hydrogen (secondary N) is 2. The lowest BCUT2D eigenvalue weighted by Crippen LogP contribution is -2.29. The van der Waals surface area contributed by atoms with E-state index in [0.29, 0.717) is 6.54 Å². The topological polar surface area (TPSA) is 49.9 Å². The predicted octanol–water partition coefficient (Wildman–Crippen LogP) is 6.76. The van der Waals surface area contributed by atoms with E-state index in [2.05, 4.69) is 64.7 Å². The number of ether oxygens (including phenoxy) is 1. The molecule has 0 spiro atoms. The van der Waals surface area contributed by atoms with E-state index in [0.717, 1.165) is 64.3 Å².